The van der Waals surface area contributed by atoms with Crippen LogP contribution in [0.2, 0.25) is 10.0 Å². The number of halogens is 2. The fourth-order valence-electron chi connectivity index (χ4n) is 1.17. The van der Waals surface area contributed by atoms with Crippen LogP contribution >= 0.6 is 35.4 Å². The van der Waals surface area contributed by atoms with Gasteiger partial charge in [-0.1, -0.05) is 23.2 Å². The van der Waals surface area contributed by atoms with E-state index in [-0.39, 0.29) is 11.2 Å². The van der Waals surface area contributed by atoms with E-state index in [1.165, 1.54) is 6.21 Å². The van der Waals surface area contributed by atoms with Crippen molar-refractivity contribution in [1.82, 2.24) is 5.43 Å². The summed E-state index contributed by atoms with van der Waals surface area (Å²) in [5.74, 6) is 0.466. The van der Waals surface area contributed by atoms with Gasteiger partial charge in [-0.3, -0.25) is 5.43 Å². The maximum absolute atomic E-state index is 6.08. The molecule has 18 heavy (non-hydrogen) atoms. The molecule has 1 rings (SSSR count). The van der Waals surface area contributed by atoms with Gasteiger partial charge in [0.05, 0.1) is 22.4 Å². The molecular formula is C11H13Cl2N3OS. The van der Waals surface area contributed by atoms with E-state index in [1.54, 1.807) is 12.1 Å². The van der Waals surface area contributed by atoms with Gasteiger partial charge in [0.1, 0.15) is 0 Å². The summed E-state index contributed by atoms with van der Waals surface area (Å²) in [5, 5.41) is 4.75. The van der Waals surface area contributed by atoms with Gasteiger partial charge >= 0.3 is 0 Å². The molecule has 0 aliphatic carbocycles. The summed E-state index contributed by atoms with van der Waals surface area (Å²) in [6, 6.07) is 3.38. The normalized spacial score (nSPS) is 10.9. The smallest absolute Gasteiger partial charge is 0.184 e. The molecule has 0 fully saturated rings. The van der Waals surface area contributed by atoms with Gasteiger partial charge in [0.25, 0.3) is 0 Å². The van der Waals surface area contributed by atoms with Gasteiger partial charge < -0.3 is 10.5 Å². The summed E-state index contributed by atoms with van der Waals surface area (Å²) in [5.41, 5.74) is 8.38. The Balaban J connectivity index is 2.92. The van der Waals surface area contributed by atoms with E-state index in [9.17, 15) is 0 Å². The Labute approximate surface area is 121 Å². The average Bonchev–Trinajstić information content (AvgIpc) is 2.22. The van der Waals surface area contributed by atoms with Crippen LogP contribution in [0.25, 0.3) is 0 Å². The van der Waals surface area contributed by atoms with Crippen LogP contribution in [0, 0.1) is 0 Å². The zero-order chi connectivity index (χ0) is 13.7. The van der Waals surface area contributed by atoms with Crippen molar-refractivity contribution in [2.45, 2.75) is 20.0 Å². The van der Waals surface area contributed by atoms with E-state index in [1.807, 2.05) is 13.8 Å². The lowest BCUT2D eigenvalue weighted by molar-refractivity contribution is 0.243. The van der Waals surface area contributed by atoms with Crippen LogP contribution in [0.3, 0.4) is 0 Å². The molecule has 0 spiro atoms. The minimum absolute atomic E-state index is 0.00389. The average molecular weight is 306 g/mol. The number of hydrogen-bond donors (Lipinski definition) is 2. The molecule has 0 saturated carbocycles. The topological polar surface area (TPSA) is 59.6 Å². The number of benzene rings is 1. The van der Waals surface area contributed by atoms with E-state index in [0.717, 1.165) is 0 Å². The highest BCUT2D eigenvalue weighted by molar-refractivity contribution is 7.80. The predicted octanol–water partition coefficient (Wildman–Crippen LogP) is 2.95. The van der Waals surface area contributed by atoms with E-state index >= 15 is 0 Å². The second-order valence-electron chi connectivity index (χ2n) is 3.71. The van der Waals surface area contributed by atoms with Crippen molar-refractivity contribution in [2.24, 2.45) is 10.8 Å². The van der Waals surface area contributed by atoms with Crippen LogP contribution in [0.15, 0.2) is 17.2 Å². The van der Waals surface area contributed by atoms with Gasteiger partial charge in [0.15, 0.2) is 10.9 Å². The molecule has 1 aromatic rings. The van der Waals surface area contributed by atoms with E-state index in [4.69, 9.17) is 33.7 Å². The first-order chi connectivity index (χ1) is 8.40. The standard InChI is InChI=1S/C11H13Cl2N3OS/c1-6(2)17-10-8(12)3-7(4-9(10)13)5-15-16-11(14)18/h3-6H,1-2H3,(H3,14,16,18). The van der Waals surface area contributed by atoms with Crippen LogP contribution in [-0.4, -0.2) is 17.4 Å². The van der Waals surface area contributed by atoms with Crippen molar-refractivity contribution >= 4 is 46.7 Å². The first kappa shape index (κ1) is 15.0. The Bertz CT molecular complexity index is 454. The quantitative estimate of drug-likeness (QED) is 0.510. The minimum atomic E-state index is -0.00389. The molecule has 3 N–H and O–H groups in total. The predicted molar refractivity (Wildman–Crippen MR) is 79.7 cm³/mol. The van der Waals surface area contributed by atoms with E-state index in [0.29, 0.717) is 21.4 Å². The molecule has 0 unspecified atom stereocenters. The first-order valence-electron chi connectivity index (χ1n) is 5.14. The summed E-state index contributed by atoms with van der Waals surface area (Å²) in [6.45, 7) is 3.79. The summed E-state index contributed by atoms with van der Waals surface area (Å²) < 4.78 is 5.51. The Morgan fingerprint density at radius 2 is 2.00 bits per heavy atom. The zero-order valence-electron chi connectivity index (χ0n) is 9.91. The van der Waals surface area contributed by atoms with Crippen molar-refractivity contribution in [3.05, 3.63) is 27.7 Å². The third-order valence-corrected chi connectivity index (χ3v) is 2.42. The highest BCUT2D eigenvalue weighted by Gasteiger charge is 2.10. The molecule has 0 aliphatic rings. The monoisotopic (exact) mass is 305 g/mol. The lowest BCUT2D eigenvalue weighted by atomic mass is 10.2. The van der Waals surface area contributed by atoms with E-state index < -0.39 is 0 Å². The number of nitrogens with two attached hydrogens (primary N) is 1. The summed E-state index contributed by atoms with van der Waals surface area (Å²) in [7, 11) is 0. The Kier molecular flexibility index (Phi) is 5.65. The second-order valence-corrected chi connectivity index (χ2v) is 4.97. The van der Waals surface area contributed by atoms with Gasteiger partial charge in [0, 0.05) is 0 Å². The molecule has 0 aromatic heterocycles. The van der Waals surface area contributed by atoms with Crippen LogP contribution in [0.5, 0.6) is 5.75 Å². The van der Waals surface area contributed by atoms with E-state index in [2.05, 4.69) is 22.7 Å². The third kappa shape index (κ3) is 4.68. The summed E-state index contributed by atoms with van der Waals surface area (Å²) in [6.07, 6.45) is 1.51. The maximum Gasteiger partial charge on any atom is 0.184 e. The second kappa shape index (κ2) is 6.78. The fraction of sp³-hybridized carbons (Fsp3) is 0.273. The molecule has 0 atom stereocenters. The van der Waals surface area contributed by atoms with Gasteiger partial charge in [-0.15, -0.1) is 0 Å². The van der Waals surface area contributed by atoms with Crippen molar-refractivity contribution in [3.63, 3.8) is 0 Å². The lowest BCUT2D eigenvalue weighted by Crippen LogP contribution is -2.23. The molecular weight excluding hydrogens is 293 g/mol. The maximum atomic E-state index is 6.08. The number of thiocarbonyl (C=S) groups is 1. The summed E-state index contributed by atoms with van der Waals surface area (Å²) in [4.78, 5) is 0. The SMILES string of the molecule is CC(C)Oc1c(Cl)cc(C=NNC(N)=S)cc1Cl. The highest BCUT2D eigenvalue weighted by atomic mass is 35.5. The fourth-order valence-corrected chi connectivity index (χ4v) is 1.82. The molecule has 0 aliphatic heterocycles. The molecule has 0 amide bonds. The van der Waals surface area contributed by atoms with Crippen molar-refractivity contribution in [3.8, 4) is 5.75 Å². The first-order valence-corrected chi connectivity index (χ1v) is 6.30. The Hall–Kier alpha value is -1.04. The van der Waals surface area contributed by atoms with Gasteiger partial charge in [-0.05, 0) is 43.8 Å². The van der Waals surface area contributed by atoms with Crippen LogP contribution < -0.4 is 15.9 Å². The summed E-state index contributed by atoms with van der Waals surface area (Å²) >= 11 is 16.8. The molecule has 0 radical (unpaired) electrons. The molecule has 4 nitrogen and oxygen atoms in total. The third-order valence-electron chi connectivity index (χ3n) is 1.76. The zero-order valence-corrected chi connectivity index (χ0v) is 12.2. The largest absolute Gasteiger partial charge is 0.488 e. The number of hydrazone groups is 1. The lowest BCUT2D eigenvalue weighted by Gasteiger charge is -2.13. The van der Waals surface area contributed by atoms with Gasteiger partial charge in [0.2, 0.25) is 0 Å². The van der Waals surface area contributed by atoms with Crippen LogP contribution in [0.1, 0.15) is 19.4 Å². The van der Waals surface area contributed by atoms with Crippen LogP contribution in [0.4, 0.5) is 0 Å². The van der Waals surface area contributed by atoms with Crippen LogP contribution in [-0.2, 0) is 0 Å². The Morgan fingerprint density at radius 1 is 1.44 bits per heavy atom. The molecule has 7 heteroatoms. The highest BCUT2D eigenvalue weighted by Crippen LogP contribution is 2.34. The van der Waals surface area contributed by atoms with Gasteiger partial charge in [-0.2, -0.15) is 5.10 Å². The molecule has 98 valence electrons. The Morgan fingerprint density at radius 3 is 2.44 bits per heavy atom. The number of ether oxygens (including phenoxy) is 1. The van der Waals surface area contributed by atoms with Gasteiger partial charge in [-0.25, -0.2) is 0 Å². The van der Waals surface area contributed by atoms with Crippen molar-refractivity contribution < 1.29 is 4.74 Å². The number of nitrogens with one attached hydrogen (secondary N) is 1. The minimum Gasteiger partial charge on any atom is -0.488 e. The number of rotatable bonds is 4. The number of nitrogens with zero attached hydrogens (tertiary/aromatic N) is 1. The molecule has 0 saturated heterocycles. The number of hydrogen-bond acceptors (Lipinski definition) is 3. The molecule has 1 aromatic carbocycles. The molecule has 0 bridgehead atoms. The van der Waals surface area contributed by atoms with Crippen molar-refractivity contribution in [1.29, 1.82) is 0 Å². The van der Waals surface area contributed by atoms with Crippen molar-refractivity contribution in [2.75, 3.05) is 0 Å². The molecule has 0 heterocycles.